The van der Waals surface area contributed by atoms with Crippen LogP contribution < -0.4 is 0 Å². The number of aromatic amines is 1. The minimum absolute atomic E-state index is 0.354. The fraction of sp³-hybridized carbons (Fsp3) is 0.344. The normalized spacial score (nSPS) is 11.4. The van der Waals surface area contributed by atoms with Crippen molar-refractivity contribution in [2.24, 2.45) is 0 Å². The van der Waals surface area contributed by atoms with E-state index in [0.29, 0.717) is 35.5 Å². The van der Waals surface area contributed by atoms with Gasteiger partial charge in [-0.15, -0.1) is 34.0 Å². The molecule has 0 spiro atoms. The zero-order chi connectivity index (χ0) is 55.5. The van der Waals surface area contributed by atoms with Crippen LogP contribution in [-0.4, -0.2) is 34.9 Å². The van der Waals surface area contributed by atoms with Crippen LogP contribution in [0.1, 0.15) is 175 Å². The maximum atomic E-state index is 5.87. The molecule has 0 unspecified atom stereocenters. The van der Waals surface area contributed by atoms with Crippen molar-refractivity contribution >= 4 is 109 Å². The standard InChI is InChI=1S/C12H15NS.C11H13NO.C11H13NS.C10H10ClNS.C10H12N2.C10H11NO/c1-4-9-5-6-10-11(7-9)14-12(13-10)8(2)3;1-7(2)11-12-9-6-4-5-8(3)10(9)13-11;1-7(2)11-12-9-5-4-8(3)6-10(9)13-11;1-6(2)10-12-8-5-7(11)3-4-9(8)13-10;2*1-7(2)10-11-8-5-3-4-6-9(8)12-10/h5-8H,4H2,1-3H3;2*4-7H,1-3H3;3-6H,1-2H3;3-7H,1-2H3,(H,11,12);3-7H,1-2H3. The Balaban J connectivity index is 0.000000134. The Labute approximate surface area is 471 Å². The summed E-state index contributed by atoms with van der Waals surface area (Å²) < 4.78 is 15.0. The van der Waals surface area contributed by atoms with Gasteiger partial charge < -0.3 is 13.8 Å². The van der Waals surface area contributed by atoms with Crippen LogP contribution in [-0.2, 0) is 6.42 Å². The summed E-state index contributed by atoms with van der Waals surface area (Å²) in [6.45, 7) is 32.0. The highest BCUT2D eigenvalue weighted by atomic mass is 35.5. The Hall–Kier alpha value is -6.31. The van der Waals surface area contributed by atoms with Crippen molar-refractivity contribution < 1.29 is 8.83 Å². The zero-order valence-electron chi connectivity index (χ0n) is 47.3. The first-order valence-electron chi connectivity index (χ1n) is 26.7. The van der Waals surface area contributed by atoms with Crippen LogP contribution in [0.5, 0.6) is 0 Å². The van der Waals surface area contributed by atoms with Crippen molar-refractivity contribution in [2.75, 3.05) is 0 Å². The fourth-order valence-corrected chi connectivity index (χ4v) is 10.9. The van der Waals surface area contributed by atoms with Crippen molar-refractivity contribution in [3.05, 3.63) is 176 Å². The molecule has 0 aliphatic carbocycles. The summed E-state index contributed by atoms with van der Waals surface area (Å²) in [5, 5.41) is 4.42. The number of rotatable bonds is 7. The van der Waals surface area contributed by atoms with Gasteiger partial charge in [-0.3, -0.25) is 0 Å². The lowest BCUT2D eigenvalue weighted by Gasteiger charge is -1.95. The largest absolute Gasteiger partial charge is 0.440 e. The molecule has 0 aliphatic heterocycles. The second-order valence-corrected chi connectivity index (χ2v) is 24.6. The van der Waals surface area contributed by atoms with Crippen molar-refractivity contribution in [3.8, 4) is 0 Å². The zero-order valence-corrected chi connectivity index (χ0v) is 50.5. The molecule has 6 heterocycles. The number of para-hydroxylation sites is 5. The molecule has 12 aromatic rings. The molecule has 13 heteroatoms. The van der Waals surface area contributed by atoms with Crippen LogP contribution in [0.2, 0.25) is 5.02 Å². The maximum absolute atomic E-state index is 5.87. The van der Waals surface area contributed by atoms with Crippen molar-refractivity contribution in [1.82, 2.24) is 34.9 Å². The van der Waals surface area contributed by atoms with Crippen LogP contribution in [0.3, 0.4) is 0 Å². The smallest absolute Gasteiger partial charge is 0.198 e. The summed E-state index contributed by atoms with van der Waals surface area (Å²) in [5.41, 5.74) is 13.1. The number of nitrogens with one attached hydrogen (secondary N) is 1. The van der Waals surface area contributed by atoms with E-state index in [1.807, 2.05) is 115 Å². The third-order valence-electron chi connectivity index (χ3n) is 12.2. The number of fused-ring (bicyclic) bond motifs is 6. The average Bonchev–Trinajstić information content (AvgIpc) is 4.27. The molecule has 12 rings (SSSR count). The van der Waals surface area contributed by atoms with Gasteiger partial charge in [-0.05, 0) is 110 Å². The molecule has 6 aromatic heterocycles. The van der Waals surface area contributed by atoms with Crippen LogP contribution in [0.25, 0.3) is 63.9 Å². The van der Waals surface area contributed by atoms with Crippen molar-refractivity contribution in [2.45, 2.75) is 146 Å². The van der Waals surface area contributed by atoms with Gasteiger partial charge in [0.25, 0.3) is 0 Å². The number of halogens is 1. The summed E-state index contributed by atoms with van der Waals surface area (Å²) in [5.74, 6) is 5.46. The highest BCUT2D eigenvalue weighted by molar-refractivity contribution is 7.19. The maximum Gasteiger partial charge on any atom is 0.198 e. The highest BCUT2D eigenvalue weighted by Gasteiger charge is 2.12. The molecule has 6 aromatic carbocycles. The molecule has 1 N–H and O–H groups in total. The molecule has 0 radical (unpaired) electrons. The minimum atomic E-state index is 0.354. The monoisotopic (exact) mass is 1100 g/mol. The van der Waals surface area contributed by atoms with Gasteiger partial charge in [0.2, 0.25) is 0 Å². The Morgan fingerprint density at radius 2 is 1.00 bits per heavy atom. The molecule has 0 bridgehead atoms. The number of hydrogen-bond acceptors (Lipinski definition) is 11. The Morgan fingerprint density at radius 1 is 0.455 bits per heavy atom. The van der Waals surface area contributed by atoms with Crippen molar-refractivity contribution in [1.29, 1.82) is 0 Å². The van der Waals surface area contributed by atoms with E-state index in [9.17, 15) is 0 Å². The summed E-state index contributed by atoms with van der Waals surface area (Å²) in [6.07, 6.45) is 1.10. The van der Waals surface area contributed by atoms with Gasteiger partial charge in [-0.2, -0.15) is 0 Å². The number of oxazole rings is 2. The van der Waals surface area contributed by atoms with E-state index in [1.165, 1.54) is 40.2 Å². The van der Waals surface area contributed by atoms with Gasteiger partial charge in [-0.1, -0.05) is 150 Å². The van der Waals surface area contributed by atoms with Gasteiger partial charge >= 0.3 is 0 Å². The molecular formula is C64H74ClN7O2S3. The van der Waals surface area contributed by atoms with Gasteiger partial charge in [0.15, 0.2) is 22.9 Å². The number of imidazole rings is 1. The second kappa shape index (κ2) is 26.8. The predicted molar refractivity (Wildman–Crippen MR) is 331 cm³/mol. The Bertz CT molecular complexity index is 3570. The number of benzene rings is 6. The lowest BCUT2D eigenvalue weighted by Crippen LogP contribution is -1.88. The van der Waals surface area contributed by atoms with E-state index in [-0.39, 0.29) is 0 Å². The van der Waals surface area contributed by atoms with E-state index in [4.69, 9.17) is 20.4 Å². The number of thiazole rings is 3. The first kappa shape index (κ1) is 58.4. The van der Waals surface area contributed by atoms with E-state index in [2.05, 4.69) is 168 Å². The average molecular weight is 1100 g/mol. The SMILES string of the molecule is CC(C)c1nc2cc(Cl)ccc2s1.CC(C)c1nc2ccccc2[nH]1.CC(C)c1nc2ccccc2o1.CCc1ccc2nc(C(C)C)sc2c1.Cc1ccc2nc(C(C)C)sc2c1.Cc1cccc2nc(C(C)C)oc12. The number of aromatic nitrogens is 7. The van der Waals surface area contributed by atoms with Gasteiger partial charge in [0, 0.05) is 40.5 Å². The molecule has 0 saturated heterocycles. The molecule has 9 nitrogen and oxygen atoms in total. The highest BCUT2D eigenvalue weighted by Crippen LogP contribution is 2.31. The van der Waals surface area contributed by atoms with Crippen molar-refractivity contribution in [3.63, 3.8) is 0 Å². The fourth-order valence-electron chi connectivity index (χ4n) is 7.65. The summed E-state index contributed by atoms with van der Waals surface area (Å²) in [4.78, 5) is 30.2. The Morgan fingerprint density at radius 3 is 1.58 bits per heavy atom. The second-order valence-electron chi connectivity index (χ2n) is 21.0. The first-order chi connectivity index (χ1) is 36.8. The van der Waals surface area contributed by atoms with Gasteiger partial charge in [0.05, 0.1) is 56.7 Å². The van der Waals surface area contributed by atoms with Crippen LogP contribution in [0.15, 0.2) is 130 Å². The molecule has 0 saturated carbocycles. The third kappa shape index (κ3) is 15.7. The summed E-state index contributed by atoms with van der Waals surface area (Å²) in [6, 6.07) is 40.8. The van der Waals surface area contributed by atoms with Crippen LogP contribution in [0.4, 0.5) is 0 Å². The molecular weight excluding hydrogens is 1030 g/mol. The van der Waals surface area contributed by atoms with Crippen LogP contribution in [0, 0.1) is 13.8 Å². The molecule has 0 aliphatic rings. The lowest BCUT2D eigenvalue weighted by atomic mass is 10.2. The topological polar surface area (TPSA) is 119 Å². The lowest BCUT2D eigenvalue weighted by molar-refractivity contribution is 0.500. The number of nitrogens with zero attached hydrogens (tertiary/aromatic N) is 6. The minimum Gasteiger partial charge on any atom is -0.440 e. The van der Waals surface area contributed by atoms with E-state index in [0.717, 1.165) is 84.4 Å². The number of aryl methyl sites for hydroxylation is 3. The van der Waals surface area contributed by atoms with E-state index in [1.54, 1.807) is 11.3 Å². The molecule has 0 amide bonds. The number of H-pyrrole nitrogens is 1. The molecule has 0 fully saturated rings. The first-order valence-corrected chi connectivity index (χ1v) is 29.6. The van der Waals surface area contributed by atoms with Gasteiger partial charge in [0.1, 0.15) is 16.9 Å². The quantitative estimate of drug-likeness (QED) is 0.168. The van der Waals surface area contributed by atoms with E-state index >= 15 is 0 Å². The number of hydrogen-bond donors (Lipinski definition) is 1. The third-order valence-corrected chi connectivity index (χ3v) is 16.4. The van der Waals surface area contributed by atoms with Crippen LogP contribution >= 0.6 is 45.6 Å². The summed E-state index contributed by atoms with van der Waals surface area (Å²) in [7, 11) is 0. The molecule has 77 heavy (non-hydrogen) atoms. The summed E-state index contributed by atoms with van der Waals surface area (Å²) >= 11 is 11.2. The molecule has 0 atom stereocenters. The predicted octanol–water partition coefficient (Wildman–Crippen LogP) is 20.7. The Kier molecular flexibility index (Phi) is 20.3. The molecule has 402 valence electrons. The van der Waals surface area contributed by atoms with E-state index < -0.39 is 0 Å². The van der Waals surface area contributed by atoms with Gasteiger partial charge in [-0.25, -0.2) is 29.9 Å².